The van der Waals surface area contributed by atoms with Gasteiger partial charge in [-0.15, -0.1) is 0 Å². The van der Waals surface area contributed by atoms with Crippen LogP contribution in [0.15, 0.2) is 0 Å². The van der Waals surface area contributed by atoms with Gasteiger partial charge in [-0.2, -0.15) is 0 Å². The molecule has 13 heteroatoms. The lowest BCUT2D eigenvalue weighted by Crippen LogP contribution is -2.62. The number of hydrogen-bond acceptors (Lipinski definition) is 12. The number of unbranched alkanes of at least 4 members (excludes halogenated alkanes) is 8. The number of carboxylic acids is 1. The highest BCUT2D eigenvalue weighted by Crippen LogP contribution is 2.35. The van der Waals surface area contributed by atoms with E-state index in [4.69, 9.17) is 29.5 Å². The second-order valence-corrected chi connectivity index (χ2v) is 9.53. The van der Waals surface area contributed by atoms with Gasteiger partial charge in [-0.1, -0.05) is 58.3 Å². The van der Waals surface area contributed by atoms with E-state index in [1.54, 1.807) is 0 Å². The first kappa shape index (κ1) is 34.1. The van der Waals surface area contributed by atoms with Crippen molar-refractivity contribution in [3.63, 3.8) is 0 Å². The van der Waals surface area contributed by atoms with Gasteiger partial charge in [0.05, 0.1) is 13.2 Å². The molecule has 37 heavy (non-hydrogen) atoms. The molecular formula is C24H46O13. The molecule has 0 saturated carbocycles. The summed E-state index contributed by atoms with van der Waals surface area (Å²) in [5.74, 6) is -2.88. The quantitative estimate of drug-likeness (QED) is 0.109. The normalized spacial score (nSPS) is 35.7. The van der Waals surface area contributed by atoms with Crippen LogP contribution in [0.3, 0.4) is 0 Å². The number of ether oxygens (including phenoxy) is 3. The fourth-order valence-electron chi connectivity index (χ4n) is 4.22. The van der Waals surface area contributed by atoms with Gasteiger partial charge in [-0.3, -0.25) is 4.79 Å². The third-order valence-corrected chi connectivity index (χ3v) is 6.56. The van der Waals surface area contributed by atoms with E-state index in [0.717, 1.165) is 12.8 Å². The molecule has 0 aliphatic carbocycles. The van der Waals surface area contributed by atoms with Gasteiger partial charge in [0.2, 0.25) is 5.79 Å². The van der Waals surface area contributed by atoms with Crippen LogP contribution >= 0.6 is 0 Å². The number of rotatable bonds is 15. The molecule has 2 saturated heterocycles. The van der Waals surface area contributed by atoms with Gasteiger partial charge in [-0.25, -0.2) is 0 Å². The Hall–Kier alpha value is -0.970. The summed E-state index contributed by atoms with van der Waals surface area (Å²) in [6.07, 6.45) is -1.17. The van der Waals surface area contributed by atoms with Gasteiger partial charge >= 0.3 is 5.97 Å². The van der Waals surface area contributed by atoms with Crippen LogP contribution in [0.2, 0.25) is 0 Å². The minimum Gasteiger partial charge on any atom is -0.481 e. The van der Waals surface area contributed by atoms with Crippen LogP contribution in [0.25, 0.3) is 0 Å². The molecule has 2 heterocycles. The van der Waals surface area contributed by atoms with Crippen LogP contribution in [0.4, 0.5) is 0 Å². The van der Waals surface area contributed by atoms with Crippen molar-refractivity contribution >= 4 is 5.97 Å². The van der Waals surface area contributed by atoms with E-state index in [2.05, 4.69) is 6.92 Å². The van der Waals surface area contributed by atoms with E-state index in [0.29, 0.717) is 6.42 Å². The SMILES string of the molecule is CCCCCCCCCCCC(=O)O.OCC1OC(O[C@]2(CO)OC(CO)C(O)C2O)C(O)C(O)C1O. The Morgan fingerprint density at radius 3 is 1.76 bits per heavy atom. The molecule has 0 bridgehead atoms. The van der Waals surface area contributed by atoms with Crippen molar-refractivity contribution in [3.8, 4) is 0 Å². The van der Waals surface area contributed by atoms with Crippen LogP contribution in [-0.4, -0.2) is 127 Å². The number of aliphatic hydroxyl groups is 8. The summed E-state index contributed by atoms with van der Waals surface area (Å²) in [6.45, 7) is -0.0943. The molecule has 0 aromatic heterocycles. The molecule has 9 N–H and O–H groups in total. The number of carboxylic acid groups (broad SMARTS) is 1. The molecule has 220 valence electrons. The largest absolute Gasteiger partial charge is 0.481 e. The fraction of sp³-hybridized carbons (Fsp3) is 0.958. The molecule has 0 spiro atoms. The predicted molar refractivity (Wildman–Crippen MR) is 128 cm³/mol. The summed E-state index contributed by atoms with van der Waals surface area (Å²) in [5, 5.41) is 85.1. The topological polar surface area (TPSA) is 227 Å². The molecule has 9 atom stereocenters. The minimum atomic E-state index is -2.22. The molecule has 2 aliphatic heterocycles. The number of hydrogen-bond donors (Lipinski definition) is 9. The first-order chi connectivity index (χ1) is 17.6. The smallest absolute Gasteiger partial charge is 0.303 e. The summed E-state index contributed by atoms with van der Waals surface area (Å²) in [7, 11) is 0. The summed E-state index contributed by atoms with van der Waals surface area (Å²) in [4.78, 5) is 10.2. The average molecular weight is 543 g/mol. The summed E-state index contributed by atoms with van der Waals surface area (Å²) >= 11 is 0. The van der Waals surface area contributed by atoms with Gasteiger partial charge in [-0.05, 0) is 6.42 Å². The highest BCUT2D eigenvalue weighted by molar-refractivity contribution is 5.66. The Morgan fingerprint density at radius 1 is 0.757 bits per heavy atom. The molecule has 0 aromatic carbocycles. The van der Waals surface area contributed by atoms with Crippen LogP contribution < -0.4 is 0 Å². The number of carbonyl (C=O) groups is 1. The first-order valence-electron chi connectivity index (χ1n) is 13.0. The number of aliphatic carboxylic acids is 1. The molecule has 2 rings (SSSR count). The third kappa shape index (κ3) is 10.3. The molecule has 0 radical (unpaired) electrons. The van der Waals surface area contributed by atoms with Crippen molar-refractivity contribution in [1.29, 1.82) is 0 Å². The highest BCUT2D eigenvalue weighted by Gasteiger charge is 2.58. The van der Waals surface area contributed by atoms with Crippen molar-refractivity contribution in [1.82, 2.24) is 0 Å². The zero-order valence-corrected chi connectivity index (χ0v) is 21.5. The van der Waals surface area contributed by atoms with Crippen LogP contribution in [0.5, 0.6) is 0 Å². The van der Waals surface area contributed by atoms with E-state index >= 15 is 0 Å². The van der Waals surface area contributed by atoms with Crippen LogP contribution in [0, 0.1) is 0 Å². The van der Waals surface area contributed by atoms with E-state index in [1.807, 2.05) is 0 Å². The van der Waals surface area contributed by atoms with Gasteiger partial charge < -0.3 is 60.2 Å². The molecule has 0 aromatic rings. The summed E-state index contributed by atoms with van der Waals surface area (Å²) < 4.78 is 15.4. The van der Waals surface area contributed by atoms with E-state index < -0.39 is 80.6 Å². The fourth-order valence-corrected chi connectivity index (χ4v) is 4.22. The van der Waals surface area contributed by atoms with E-state index in [1.165, 1.54) is 44.9 Å². The van der Waals surface area contributed by atoms with Crippen LogP contribution in [0.1, 0.15) is 71.1 Å². The Bertz CT molecular complexity index is 621. The first-order valence-corrected chi connectivity index (χ1v) is 13.0. The van der Waals surface area contributed by atoms with E-state index in [9.17, 15) is 35.4 Å². The van der Waals surface area contributed by atoms with E-state index in [-0.39, 0.29) is 0 Å². The van der Waals surface area contributed by atoms with Crippen molar-refractivity contribution in [3.05, 3.63) is 0 Å². The third-order valence-electron chi connectivity index (χ3n) is 6.56. The van der Waals surface area contributed by atoms with Crippen molar-refractivity contribution in [2.24, 2.45) is 0 Å². The Balaban J connectivity index is 0.000000422. The molecule has 0 amide bonds. The van der Waals surface area contributed by atoms with Gasteiger partial charge in [0.25, 0.3) is 0 Å². The van der Waals surface area contributed by atoms with Gasteiger partial charge in [0.1, 0.15) is 49.3 Å². The lowest BCUT2D eigenvalue weighted by molar-refractivity contribution is -0.383. The lowest BCUT2D eigenvalue weighted by Gasteiger charge is -2.43. The zero-order chi connectivity index (χ0) is 28.0. The second kappa shape index (κ2) is 17.6. The molecule has 2 fully saturated rings. The zero-order valence-electron chi connectivity index (χ0n) is 21.5. The monoisotopic (exact) mass is 542 g/mol. The summed E-state index contributed by atoms with van der Waals surface area (Å²) in [5.41, 5.74) is 0. The maximum atomic E-state index is 10.2. The molecule has 13 nitrogen and oxygen atoms in total. The van der Waals surface area contributed by atoms with Gasteiger partial charge in [0.15, 0.2) is 6.29 Å². The standard InChI is InChI=1S/C12H22O11.C12H24O2/c13-1-4-6(16)8(18)9(19)11(21-4)23-12(3-15)10(20)7(17)5(2-14)22-12;1-2-3-4-5-6-7-8-9-10-11-12(13)14/h4-11,13-20H,1-3H2;2-11H2,1H3,(H,13,14)/t4?,5?,6?,7?,8?,9?,10?,11?,12-;/m0./s1. The van der Waals surface area contributed by atoms with Crippen molar-refractivity contribution < 1.29 is 65.0 Å². The van der Waals surface area contributed by atoms with Gasteiger partial charge in [0, 0.05) is 6.42 Å². The average Bonchev–Trinajstić information content (AvgIpc) is 3.13. The van der Waals surface area contributed by atoms with Crippen LogP contribution in [-0.2, 0) is 19.0 Å². The lowest BCUT2D eigenvalue weighted by atomic mass is 9.99. The molecule has 2 aliphatic rings. The Kier molecular flexibility index (Phi) is 16.2. The summed E-state index contributed by atoms with van der Waals surface area (Å²) in [6, 6.07) is 0. The Labute approximate surface area is 217 Å². The molecule has 8 unspecified atom stereocenters. The predicted octanol–water partition coefficient (Wildman–Crippen LogP) is -1.40. The van der Waals surface area contributed by atoms with Crippen molar-refractivity contribution in [2.75, 3.05) is 19.8 Å². The minimum absolute atomic E-state index is 0.343. The number of aliphatic hydroxyl groups excluding tert-OH is 8. The Morgan fingerprint density at radius 2 is 1.30 bits per heavy atom. The highest BCUT2D eigenvalue weighted by atomic mass is 16.8. The maximum absolute atomic E-state index is 10.2. The van der Waals surface area contributed by atoms with Crippen molar-refractivity contribution in [2.45, 2.75) is 126 Å². The maximum Gasteiger partial charge on any atom is 0.303 e. The molecular weight excluding hydrogens is 496 g/mol. The second-order valence-electron chi connectivity index (χ2n) is 9.53.